The monoisotopic (exact) mass is 317 g/mol. The minimum Gasteiger partial charge on any atom is -0.336 e. The van der Waals surface area contributed by atoms with E-state index in [-0.39, 0.29) is 12.1 Å². The molecule has 2 rings (SSSR count). The zero-order valence-corrected chi connectivity index (χ0v) is 13.6. The van der Waals surface area contributed by atoms with Crippen molar-refractivity contribution in [2.45, 2.75) is 39.8 Å². The zero-order chi connectivity index (χ0) is 17.2. The standard InChI is InChI=1S/C15H19N5O3/c1-10-11(7-16)12-13(14(22)18-8-17-12)20(10)6-5-19(9-21)23-15(2,3)4/h8-9H,5-6H2,1-4H3,(H,17,18,22). The van der Waals surface area contributed by atoms with E-state index in [1.54, 1.807) is 11.5 Å². The lowest BCUT2D eigenvalue weighted by molar-refractivity contribution is -0.216. The second-order valence-electron chi connectivity index (χ2n) is 6.10. The molecule has 0 atom stereocenters. The second kappa shape index (κ2) is 6.22. The number of hydrogen-bond donors (Lipinski definition) is 1. The van der Waals surface area contributed by atoms with Crippen LogP contribution in [0.5, 0.6) is 0 Å². The number of aromatic amines is 1. The van der Waals surface area contributed by atoms with E-state index in [4.69, 9.17) is 4.84 Å². The molecule has 0 aliphatic carbocycles. The molecule has 0 fully saturated rings. The molecule has 0 aliphatic heterocycles. The van der Waals surface area contributed by atoms with E-state index in [2.05, 4.69) is 16.0 Å². The van der Waals surface area contributed by atoms with E-state index in [1.165, 1.54) is 11.4 Å². The van der Waals surface area contributed by atoms with E-state index in [0.717, 1.165) is 0 Å². The zero-order valence-electron chi connectivity index (χ0n) is 13.6. The largest absolute Gasteiger partial charge is 0.336 e. The number of rotatable bonds is 5. The van der Waals surface area contributed by atoms with Gasteiger partial charge in [-0.3, -0.25) is 14.4 Å². The molecule has 0 saturated carbocycles. The number of hydrogen-bond acceptors (Lipinski definition) is 5. The van der Waals surface area contributed by atoms with Crippen molar-refractivity contribution in [3.05, 3.63) is 27.9 Å². The number of carbonyl (C=O) groups excluding carboxylic acids is 1. The van der Waals surface area contributed by atoms with Crippen LogP contribution in [0.25, 0.3) is 11.0 Å². The summed E-state index contributed by atoms with van der Waals surface area (Å²) in [7, 11) is 0. The van der Waals surface area contributed by atoms with Gasteiger partial charge in [0.15, 0.2) is 0 Å². The van der Waals surface area contributed by atoms with Crippen LogP contribution in [0, 0.1) is 18.3 Å². The normalized spacial score (nSPS) is 11.4. The summed E-state index contributed by atoms with van der Waals surface area (Å²) in [5, 5.41) is 10.5. The van der Waals surface area contributed by atoms with Crippen LogP contribution in [-0.4, -0.2) is 38.2 Å². The average molecular weight is 317 g/mol. The minimum atomic E-state index is -0.508. The lowest BCUT2D eigenvalue weighted by Crippen LogP contribution is -2.35. The summed E-state index contributed by atoms with van der Waals surface area (Å²) >= 11 is 0. The van der Waals surface area contributed by atoms with Crippen molar-refractivity contribution in [2.75, 3.05) is 6.54 Å². The van der Waals surface area contributed by atoms with Crippen molar-refractivity contribution in [2.24, 2.45) is 0 Å². The number of amides is 1. The van der Waals surface area contributed by atoms with Crippen LogP contribution in [0.1, 0.15) is 32.0 Å². The Balaban J connectivity index is 2.37. The summed E-state index contributed by atoms with van der Waals surface area (Å²) in [6, 6.07) is 2.08. The van der Waals surface area contributed by atoms with E-state index < -0.39 is 5.60 Å². The van der Waals surface area contributed by atoms with Gasteiger partial charge in [-0.05, 0) is 27.7 Å². The number of nitrogens with one attached hydrogen (secondary N) is 1. The molecule has 0 saturated heterocycles. The summed E-state index contributed by atoms with van der Waals surface area (Å²) in [5.74, 6) is 0. The number of aromatic nitrogens is 3. The Kier molecular flexibility index (Phi) is 4.52. The summed E-state index contributed by atoms with van der Waals surface area (Å²) in [6.07, 6.45) is 1.87. The molecule has 0 unspecified atom stereocenters. The van der Waals surface area contributed by atoms with Crippen LogP contribution in [0.2, 0.25) is 0 Å². The molecule has 8 nitrogen and oxygen atoms in total. The summed E-state index contributed by atoms with van der Waals surface area (Å²) in [6.45, 7) is 7.81. The fraction of sp³-hybridized carbons (Fsp3) is 0.467. The Labute approximate surface area is 133 Å². The molecule has 0 bridgehead atoms. The molecular weight excluding hydrogens is 298 g/mol. The smallest absolute Gasteiger partial charge is 0.275 e. The van der Waals surface area contributed by atoms with Crippen molar-refractivity contribution >= 4 is 17.4 Å². The highest BCUT2D eigenvalue weighted by Crippen LogP contribution is 2.20. The van der Waals surface area contributed by atoms with Crippen LogP contribution in [0.15, 0.2) is 11.1 Å². The molecule has 1 N–H and O–H groups in total. The highest BCUT2D eigenvalue weighted by Gasteiger charge is 2.20. The molecule has 0 spiro atoms. The minimum absolute atomic E-state index is 0.241. The number of H-pyrrole nitrogens is 1. The number of nitriles is 1. The molecule has 0 radical (unpaired) electrons. The first kappa shape index (κ1) is 16.7. The SMILES string of the molecule is Cc1c(C#N)c2nc[nH]c(=O)c2n1CCN(C=O)OC(C)(C)C. The van der Waals surface area contributed by atoms with Gasteiger partial charge in [0.2, 0.25) is 6.41 Å². The number of fused-ring (bicyclic) bond motifs is 1. The van der Waals surface area contributed by atoms with Gasteiger partial charge in [0.25, 0.3) is 5.56 Å². The molecule has 2 aromatic rings. The first-order valence-corrected chi connectivity index (χ1v) is 7.16. The third-order valence-electron chi connectivity index (χ3n) is 3.27. The van der Waals surface area contributed by atoms with Crippen LogP contribution in [0.4, 0.5) is 0 Å². The third kappa shape index (κ3) is 3.40. The Bertz CT molecular complexity index is 822. The van der Waals surface area contributed by atoms with Gasteiger partial charge in [-0.2, -0.15) is 5.26 Å². The summed E-state index contributed by atoms with van der Waals surface area (Å²) in [4.78, 5) is 35.3. The molecule has 23 heavy (non-hydrogen) atoms. The quantitative estimate of drug-likeness (QED) is 0.656. The van der Waals surface area contributed by atoms with Gasteiger partial charge in [-0.15, -0.1) is 0 Å². The first-order chi connectivity index (χ1) is 10.8. The van der Waals surface area contributed by atoms with Crippen LogP contribution < -0.4 is 5.56 Å². The first-order valence-electron chi connectivity index (χ1n) is 7.16. The van der Waals surface area contributed by atoms with Crippen LogP contribution >= 0.6 is 0 Å². The molecule has 2 aromatic heterocycles. The summed E-state index contributed by atoms with van der Waals surface area (Å²) < 4.78 is 1.68. The molecule has 1 amide bonds. The fourth-order valence-corrected chi connectivity index (χ4v) is 2.38. The maximum absolute atomic E-state index is 12.1. The third-order valence-corrected chi connectivity index (χ3v) is 3.27. The molecule has 122 valence electrons. The highest BCUT2D eigenvalue weighted by atomic mass is 16.7. The van der Waals surface area contributed by atoms with Gasteiger partial charge in [0.05, 0.1) is 24.0 Å². The van der Waals surface area contributed by atoms with E-state index in [0.29, 0.717) is 35.2 Å². The second-order valence-corrected chi connectivity index (χ2v) is 6.10. The lowest BCUT2D eigenvalue weighted by Gasteiger charge is -2.26. The van der Waals surface area contributed by atoms with Crippen molar-refractivity contribution in [3.63, 3.8) is 0 Å². The van der Waals surface area contributed by atoms with Crippen molar-refractivity contribution in [1.29, 1.82) is 5.26 Å². The van der Waals surface area contributed by atoms with Gasteiger partial charge >= 0.3 is 0 Å². The van der Waals surface area contributed by atoms with Crippen molar-refractivity contribution in [1.82, 2.24) is 19.6 Å². The van der Waals surface area contributed by atoms with E-state index in [1.807, 2.05) is 20.8 Å². The molecule has 0 aromatic carbocycles. The van der Waals surface area contributed by atoms with E-state index >= 15 is 0 Å². The molecule has 0 aliphatic rings. The van der Waals surface area contributed by atoms with Crippen LogP contribution in [0.3, 0.4) is 0 Å². The Morgan fingerprint density at radius 1 is 1.52 bits per heavy atom. The highest BCUT2D eigenvalue weighted by molar-refractivity contribution is 5.83. The predicted octanol–water partition coefficient (Wildman–Crippen LogP) is 1.09. The van der Waals surface area contributed by atoms with Gasteiger partial charge in [-0.1, -0.05) is 0 Å². The lowest BCUT2D eigenvalue weighted by atomic mass is 10.2. The predicted molar refractivity (Wildman–Crippen MR) is 83.4 cm³/mol. The molecular formula is C15H19N5O3. The van der Waals surface area contributed by atoms with Crippen LogP contribution in [-0.2, 0) is 16.2 Å². The number of carbonyl (C=O) groups is 1. The average Bonchev–Trinajstić information content (AvgIpc) is 2.75. The van der Waals surface area contributed by atoms with Gasteiger partial charge < -0.3 is 9.55 Å². The number of nitrogens with zero attached hydrogens (tertiary/aromatic N) is 4. The van der Waals surface area contributed by atoms with Crippen molar-refractivity contribution < 1.29 is 9.63 Å². The Morgan fingerprint density at radius 3 is 2.78 bits per heavy atom. The molecule has 8 heteroatoms. The molecule has 2 heterocycles. The fourth-order valence-electron chi connectivity index (χ4n) is 2.38. The Hall–Kier alpha value is -2.66. The Morgan fingerprint density at radius 2 is 2.22 bits per heavy atom. The van der Waals surface area contributed by atoms with Gasteiger partial charge in [-0.25, -0.2) is 10.0 Å². The maximum Gasteiger partial charge on any atom is 0.275 e. The summed E-state index contributed by atoms with van der Waals surface area (Å²) in [5.41, 5.74) is 0.847. The van der Waals surface area contributed by atoms with E-state index in [9.17, 15) is 14.9 Å². The van der Waals surface area contributed by atoms with Gasteiger partial charge in [0.1, 0.15) is 17.1 Å². The van der Waals surface area contributed by atoms with Gasteiger partial charge in [0, 0.05) is 12.2 Å². The number of hydroxylamine groups is 2. The topological polar surface area (TPSA) is 104 Å². The maximum atomic E-state index is 12.1. The van der Waals surface area contributed by atoms with Crippen molar-refractivity contribution in [3.8, 4) is 6.07 Å².